The molecular formula is C13H14N4O. The van der Waals surface area contributed by atoms with E-state index in [1.165, 1.54) is 0 Å². The van der Waals surface area contributed by atoms with Crippen molar-refractivity contribution in [3.05, 3.63) is 53.5 Å². The van der Waals surface area contributed by atoms with Crippen LogP contribution in [0.25, 0.3) is 0 Å². The summed E-state index contributed by atoms with van der Waals surface area (Å²) in [5.41, 5.74) is 7.79. The molecule has 2 heterocycles. The molecule has 0 aliphatic carbocycles. The number of rotatable bonds is 3. The van der Waals surface area contributed by atoms with E-state index < -0.39 is 0 Å². The number of pyridine rings is 2. The van der Waals surface area contributed by atoms with Gasteiger partial charge in [-0.1, -0.05) is 6.07 Å². The molecule has 0 unspecified atom stereocenters. The molecule has 1 amide bonds. The van der Waals surface area contributed by atoms with E-state index in [0.29, 0.717) is 17.9 Å². The highest BCUT2D eigenvalue weighted by atomic mass is 16.1. The molecule has 0 aliphatic heterocycles. The average molecular weight is 242 g/mol. The van der Waals surface area contributed by atoms with Gasteiger partial charge < -0.3 is 11.1 Å². The lowest BCUT2D eigenvalue weighted by molar-refractivity contribution is 0.0950. The highest BCUT2D eigenvalue weighted by Crippen LogP contribution is 2.07. The number of nitrogens with one attached hydrogen (secondary N) is 1. The Morgan fingerprint density at radius 3 is 2.94 bits per heavy atom. The van der Waals surface area contributed by atoms with Crippen molar-refractivity contribution >= 4 is 11.7 Å². The predicted octanol–water partition coefficient (Wildman–Crippen LogP) is 1.30. The van der Waals surface area contributed by atoms with E-state index in [0.717, 1.165) is 11.3 Å². The number of hydrogen-bond donors (Lipinski definition) is 2. The van der Waals surface area contributed by atoms with E-state index in [1.54, 1.807) is 31.5 Å². The fourth-order valence-corrected chi connectivity index (χ4v) is 1.61. The summed E-state index contributed by atoms with van der Waals surface area (Å²) in [7, 11) is 0. The fraction of sp³-hybridized carbons (Fsp3) is 0.154. The van der Waals surface area contributed by atoms with Gasteiger partial charge in [0.15, 0.2) is 0 Å². The van der Waals surface area contributed by atoms with E-state index >= 15 is 0 Å². The van der Waals surface area contributed by atoms with Crippen molar-refractivity contribution in [1.29, 1.82) is 0 Å². The summed E-state index contributed by atoms with van der Waals surface area (Å²) in [6.07, 6.45) is 3.41. The van der Waals surface area contributed by atoms with Crippen LogP contribution >= 0.6 is 0 Å². The number of hydrogen-bond acceptors (Lipinski definition) is 4. The fourth-order valence-electron chi connectivity index (χ4n) is 1.61. The number of nitrogens with zero attached hydrogens (tertiary/aromatic N) is 2. The first kappa shape index (κ1) is 12.0. The normalized spacial score (nSPS) is 10.1. The van der Waals surface area contributed by atoms with Crippen molar-refractivity contribution in [2.75, 3.05) is 5.73 Å². The van der Waals surface area contributed by atoms with Crippen molar-refractivity contribution < 1.29 is 4.79 Å². The molecule has 3 N–H and O–H groups in total. The zero-order valence-corrected chi connectivity index (χ0v) is 10.1. The smallest absolute Gasteiger partial charge is 0.251 e. The highest BCUT2D eigenvalue weighted by molar-refractivity contribution is 5.94. The van der Waals surface area contributed by atoms with Crippen LogP contribution in [0.3, 0.4) is 0 Å². The number of nitrogens with two attached hydrogens (primary N) is 1. The number of nitrogen functional groups attached to an aromatic ring is 1. The van der Waals surface area contributed by atoms with Gasteiger partial charge in [-0.3, -0.25) is 9.78 Å². The summed E-state index contributed by atoms with van der Waals surface area (Å²) in [4.78, 5) is 19.9. The molecular weight excluding hydrogens is 228 g/mol. The van der Waals surface area contributed by atoms with Crippen LogP contribution in [-0.4, -0.2) is 15.9 Å². The summed E-state index contributed by atoms with van der Waals surface area (Å²) in [6, 6.07) is 7.00. The lowest BCUT2D eigenvalue weighted by Crippen LogP contribution is -2.23. The molecule has 0 aliphatic rings. The highest BCUT2D eigenvalue weighted by Gasteiger charge is 2.07. The second-order valence-corrected chi connectivity index (χ2v) is 3.97. The maximum atomic E-state index is 11.9. The van der Waals surface area contributed by atoms with Gasteiger partial charge in [0, 0.05) is 30.2 Å². The van der Waals surface area contributed by atoms with E-state index in [2.05, 4.69) is 15.3 Å². The van der Waals surface area contributed by atoms with Gasteiger partial charge in [-0.05, 0) is 30.7 Å². The number of amides is 1. The number of anilines is 1. The Kier molecular flexibility index (Phi) is 3.52. The molecule has 0 fully saturated rings. The number of carbonyl (C=O) groups excluding carboxylic acids is 1. The Hall–Kier alpha value is -2.43. The Balaban J connectivity index is 2.04. The van der Waals surface area contributed by atoms with Crippen LogP contribution in [0.2, 0.25) is 0 Å². The van der Waals surface area contributed by atoms with Crippen molar-refractivity contribution in [2.45, 2.75) is 13.5 Å². The molecule has 92 valence electrons. The first-order valence-electron chi connectivity index (χ1n) is 5.56. The van der Waals surface area contributed by atoms with Crippen LogP contribution in [0.4, 0.5) is 5.82 Å². The van der Waals surface area contributed by atoms with Crippen LogP contribution in [0.5, 0.6) is 0 Å². The molecule has 2 rings (SSSR count). The van der Waals surface area contributed by atoms with Crippen LogP contribution in [0.15, 0.2) is 36.7 Å². The Bertz CT molecular complexity index is 534. The molecule has 0 atom stereocenters. The molecule has 0 spiro atoms. The summed E-state index contributed by atoms with van der Waals surface area (Å²) in [5, 5.41) is 2.81. The van der Waals surface area contributed by atoms with Gasteiger partial charge in [0.1, 0.15) is 5.82 Å². The molecule has 0 saturated carbocycles. The molecule has 18 heavy (non-hydrogen) atoms. The van der Waals surface area contributed by atoms with Gasteiger partial charge in [-0.25, -0.2) is 4.98 Å². The molecule has 5 nitrogen and oxygen atoms in total. The third-order valence-electron chi connectivity index (χ3n) is 2.41. The Morgan fingerprint density at radius 1 is 1.44 bits per heavy atom. The standard InChI is InChI=1S/C13H14N4O/c1-9-5-11(6-12(14)17-9)13(18)16-8-10-3-2-4-15-7-10/h2-7H,8H2,1H3,(H2,14,17)(H,16,18). The largest absolute Gasteiger partial charge is 0.384 e. The summed E-state index contributed by atoms with van der Waals surface area (Å²) < 4.78 is 0. The van der Waals surface area contributed by atoms with Crippen molar-refractivity contribution in [3.63, 3.8) is 0 Å². The molecule has 0 aromatic carbocycles. The van der Waals surface area contributed by atoms with E-state index in [-0.39, 0.29) is 5.91 Å². The minimum absolute atomic E-state index is 0.170. The quantitative estimate of drug-likeness (QED) is 0.850. The third kappa shape index (κ3) is 3.04. The third-order valence-corrected chi connectivity index (χ3v) is 2.41. The lowest BCUT2D eigenvalue weighted by Gasteiger charge is -2.06. The zero-order chi connectivity index (χ0) is 13.0. The predicted molar refractivity (Wildman–Crippen MR) is 68.8 cm³/mol. The zero-order valence-electron chi connectivity index (χ0n) is 10.1. The number of aromatic nitrogens is 2. The molecule has 0 saturated heterocycles. The van der Waals surface area contributed by atoms with Gasteiger partial charge in [0.25, 0.3) is 5.91 Å². The lowest BCUT2D eigenvalue weighted by atomic mass is 10.2. The SMILES string of the molecule is Cc1cc(C(=O)NCc2cccnc2)cc(N)n1. The van der Waals surface area contributed by atoms with Gasteiger partial charge in [0.05, 0.1) is 0 Å². The molecule has 2 aromatic rings. The Labute approximate surface area is 105 Å². The summed E-state index contributed by atoms with van der Waals surface area (Å²) >= 11 is 0. The van der Waals surface area contributed by atoms with Crippen LogP contribution in [0.1, 0.15) is 21.6 Å². The second-order valence-electron chi connectivity index (χ2n) is 3.97. The maximum absolute atomic E-state index is 11.9. The van der Waals surface area contributed by atoms with Crippen LogP contribution < -0.4 is 11.1 Å². The second kappa shape index (κ2) is 5.27. The monoisotopic (exact) mass is 242 g/mol. The topological polar surface area (TPSA) is 80.9 Å². The number of carbonyl (C=O) groups is 1. The van der Waals surface area contributed by atoms with Gasteiger partial charge in [-0.15, -0.1) is 0 Å². The average Bonchev–Trinajstić information content (AvgIpc) is 2.36. The van der Waals surface area contributed by atoms with Gasteiger partial charge >= 0.3 is 0 Å². The van der Waals surface area contributed by atoms with Gasteiger partial charge in [-0.2, -0.15) is 0 Å². The molecule has 0 bridgehead atoms. The minimum atomic E-state index is -0.170. The van der Waals surface area contributed by atoms with Crippen molar-refractivity contribution in [2.24, 2.45) is 0 Å². The molecule has 0 radical (unpaired) electrons. The molecule has 5 heteroatoms. The Morgan fingerprint density at radius 2 is 2.28 bits per heavy atom. The van der Waals surface area contributed by atoms with Crippen LogP contribution in [0, 0.1) is 6.92 Å². The first-order valence-corrected chi connectivity index (χ1v) is 5.56. The van der Waals surface area contributed by atoms with Crippen molar-refractivity contribution in [3.8, 4) is 0 Å². The molecule has 2 aromatic heterocycles. The van der Waals surface area contributed by atoms with E-state index in [9.17, 15) is 4.79 Å². The van der Waals surface area contributed by atoms with Crippen LogP contribution in [-0.2, 0) is 6.54 Å². The first-order chi connectivity index (χ1) is 8.65. The number of aryl methyl sites for hydroxylation is 1. The van der Waals surface area contributed by atoms with Crippen molar-refractivity contribution in [1.82, 2.24) is 15.3 Å². The van der Waals surface area contributed by atoms with E-state index in [4.69, 9.17) is 5.73 Å². The minimum Gasteiger partial charge on any atom is -0.384 e. The summed E-state index contributed by atoms with van der Waals surface area (Å²) in [6.45, 7) is 2.24. The van der Waals surface area contributed by atoms with E-state index in [1.807, 2.05) is 12.1 Å². The van der Waals surface area contributed by atoms with Gasteiger partial charge in [0.2, 0.25) is 0 Å². The summed E-state index contributed by atoms with van der Waals surface area (Å²) in [5.74, 6) is 0.178. The maximum Gasteiger partial charge on any atom is 0.251 e.